The van der Waals surface area contributed by atoms with Gasteiger partial charge in [-0.2, -0.15) is 0 Å². The highest BCUT2D eigenvalue weighted by Crippen LogP contribution is 2.41. The van der Waals surface area contributed by atoms with Crippen molar-refractivity contribution >= 4 is 11.9 Å². The highest BCUT2D eigenvalue weighted by molar-refractivity contribution is 5.90. The van der Waals surface area contributed by atoms with Crippen molar-refractivity contribution in [2.45, 2.75) is 110 Å². The quantitative estimate of drug-likeness (QED) is 0.138. The number of hydrogen-bond acceptors (Lipinski definition) is 5. The molecule has 38 heavy (non-hydrogen) atoms. The Morgan fingerprint density at radius 3 is 2.16 bits per heavy atom. The van der Waals surface area contributed by atoms with E-state index in [1.807, 2.05) is 0 Å². The van der Waals surface area contributed by atoms with Gasteiger partial charge in [0.2, 0.25) is 0 Å². The van der Waals surface area contributed by atoms with Crippen molar-refractivity contribution < 1.29 is 28.2 Å². The van der Waals surface area contributed by atoms with Gasteiger partial charge in [-0.25, -0.2) is 14.0 Å². The van der Waals surface area contributed by atoms with E-state index < -0.39 is 11.8 Å². The number of carbonyl (C=O) groups is 2. The average molecular weight is 531 g/mol. The first-order chi connectivity index (χ1) is 18.4. The van der Waals surface area contributed by atoms with E-state index in [1.165, 1.54) is 50.7 Å². The van der Waals surface area contributed by atoms with Crippen LogP contribution in [0.5, 0.6) is 5.75 Å². The molecule has 1 aromatic carbocycles. The van der Waals surface area contributed by atoms with Gasteiger partial charge >= 0.3 is 11.9 Å². The largest absolute Gasteiger partial charge is 0.493 e. The fourth-order valence-corrected chi connectivity index (χ4v) is 6.04. The van der Waals surface area contributed by atoms with Crippen LogP contribution in [0.15, 0.2) is 30.4 Å². The summed E-state index contributed by atoms with van der Waals surface area (Å²) in [5, 5.41) is 0. The van der Waals surface area contributed by atoms with Gasteiger partial charge in [0, 0.05) is 11.6 Å². The SMILES string of the molecule is C=C(C)C(=O)OCCCCCCOc1ccc(C(=O)OC2CCC(C3CCC(CCC)CC3)CC2)c(F)c1. The minimum Gasteiger partial charge on any atom is -0.493 e. The van der Waals surface area contributed by atoms with Crippen molar-refractivity contribution in [1.82, 2.24) is 0 Å². The lowest BCUT2D eigenvalue weighted by Crippen LogP contribution is -2.30. The summed E-state index contributed by atoms with van der Waals surface area (Å²) in [5.41, 5.74) is 0.375. The number of rotatable bonds is 14. The van der Waals surface area contributed by atoms with Crippen LogP contribution in [-0.4, -0.2) is 31.3 Å². The van der Waals surface area contributed by atoms with Crippen LogP contribution in [-0.2, 0) is 14.3 Å². The molecule has 0 amide bonds. The fraction of sp³-hybridized carbons (Fsp3) is 0.688. The van der Waals surface area contributed by atoms with Crippen molar-refractivity contribution in [1.29, 1.82) is 0 Å². The molecule has 1 aromatic rings. The highest BCUT2D eigenvalue weighted by Gasteiger charge is 2.32. The maximum absolute atomic E-state index is 14.7. The van der Waals surface area contributed by atoms with Crippen LogP contribution >= 0.6 is 0 Å². The molecule has 0 atom stereocenters. The number of unbranched alkanes of at least 4 members (excludes halogenated alkanes) is 3. The lowest BCUT2D eigenvalue weighted by molar-refractivity contribution is -0.139. The van der Waals surface area contributed by atoms with Gasteiger partial charge in [0.15, 0.2) is 0 Å². The standard InChI is InChI=1S/C32H47FO5/c1-4-9-24-10-12-25(13-11-24)26-14-16-27(17-15-26)38-32(35)29-19-18-28(22-30(29)33)36-20-7-5-6-8-21-37-31(34)23(2)3/h18-19,22,24-27H,2,4-17,20-21H2,1,3H3. The monoisotopic (exact) mass is 530 g/mol. The molecule has 2 fully saturated rings. The predicted molar refractivity (Wildman–Crippen MR) is 148 cm³/mol. The molecule has 3 rings (SSSR count). The fourth-order valence-electron chi connectivity index (χ4n) is 6.04. The molecule has 212 valence electrons. The number of esters is 2. The highest BCUT2D eigenvalue weighted by atomic mass is 19.1. The van der Waals surface area contributed by atoms with Gasteiger partial charge in [0.1, 0.15) is 17.7 Å². The van der Waals surface area contributed by atoms with E-state index in [0.717, 1.165) is 69.1 Å². The molecule has 0 saturated heterocycles. The Labute approximate surface area is 228 Å². The zero-order valence-corrected chi connectivity index (χ0v) is 23.5. The molecule has 0 aliphatic heterocycles. The molecule has 2 saturated carbocycles. The Bertz CT molecular complexity index is 897. The first kappa shape index (κ1) is 30.2. The summed E-state index contributed by atoms with van der Waals surface area (Å²) in [6, 6.07) is 4.35. The van der Waals surface area contributed by atoms with Crippen molar-refractivity contribution in [2.75, 3.05) is 13.2 Å². The number of halogens is 1. The second-order valence-corrected chi connectivity index (χ2v) is 11.3. The summed E-state index contributed by atoms with van der Waals surface area (Å²) < 4.78 is 31.1. The third kappa shape index (κ3) is 9.74. The number of benzene rings is 1. The lowest BCUT2D eigenvalue weighted by Gasteiger charge is -2.37. The molecule has 0 bridgehead atoms. The minimum absolute atomic E-state index is 0.0296. The van der Waals surface area contributed by atoms with Crippen molar-refractivity contribution in [3.63, 3.8) is 0 Å². The van der Waals surface area contributed by atoms with E-state index in [0.29, 0.717) is 24.5 Å². The number of ether oxygens (including phenoxy) is 3. The van der Waals surface area contributed by atoms with E-state index >= 15 is 0 Å². The van der Waals surface area contributed by atoms with Gasteiger partial charge in [-0.15, -0.1) is 0 Å². The smallest absolute Gasteiger partial charge is 0.341 e. The second kappa shape index (κ2) is 15.9. The Hall–Kier alpha value is -2.37. The molecule has 2 aliphatic carbocycles. The molecule has 0 spiro atoms. The van der Waals surface area contributed by atoms with Crippen LogP contribution in [0, 0.1) is 23.6 Å². The number of carbonyl (C=O) groups excluding carboxylic acids is 2. The van der Waals surface area contributed by atoms with Gasteiger partial charge in [-0.1, -0.05) is 39.2 Å². The van der Waals surface area contributed by atoms with Gasteiger partial charge in [-0.05, 0) is 101 Å². The minimum atomic E-state index is -0.607. The lowest BCUT2D eigenvalue weighted by atomic mass is 9.70. The summed E-state index contributed by atoms with van der Waals surface area (Å²) >= 11 is 0. The third-order valence-electron chi connectivity index (χ3n) is 8.30. The molecule has 0 aromatic heterocycles. The van der Waals surface area contributed by atoms with Gasteiger partial charge in [0.25, 0.3) is 0 Å². The first-order valence-corrected chi connectivity index (χ1v) is 14.8. The first-order valence-electron chi connectivity index (χ1n) is 14.8. The van der Waals surface area contributed by atoms with E-state index in [9.17, 15) is 14.0 Å². The maximum atomic E-state index is 14.7. The van der Waals surface area contributed by atoms with Crippen molar-refractivity contribution in [3.8, 4) is 5.75 Å². The third-order valence-corrected chi connectivity index (χ3v) is 8.30. The van der Waals surface area contributed by atoms with Crippen LogP contribution in [0.1, 0.15) is 114 Å². The average Bonchev–Trinajstić information content (AvgIpc) is 2.91. The summed E-state index contributed by atoms with van der Waals surface area (Å²) in [4.78, 5) is 24.0. The topological polar surface area (TPSA) is 61.8 Å². The van der Waals surface area contributed by atoms with Crippen LogP contribution in [0.4, 0.5) is 4.39 Å². The molecule has 0 heterocycles. The van der Waals surface area contributed by atoms with E-state index in [4.69, 9.17) is 14.2 Å². The molecule has 0 radical (unpaired) electrons. The molecule has 5 nitrogen and oxygen atoms in total. The van der Waals surface area contributed by atoms with Gasteiger partial charge in [0.05, 0.1) is 18.8 Å². The molecule has 6 heteroatoms. The van der Waals surface area contributed by atoms with E-state index in [2.05, 4.69) is 13.5 Å². The Morgan fingerprint density at radius 1 is 0.921 bits per heavy atom. The normalized spacial score (nSPS) is 23.4. The Morgan fingerprint density at radius 2 is 1.55 bits per heavy atom. The van der Waals surface area contributed by atoms with Crippen LogP contribution in [0.3, 0.4) is 0 Å². The second-order valence-electron chi connectivity index (χ2n) is 11.3. The van der Waals surface area contributed by atoms with Crippen LogP contribution < -0.4 is 4.74 Å². The van der Waals surface area contributed by atoms with Gasteiger partial charge < -0.3 is 14.2 Å². The van der Waals surface area contributed by atoms with Gasteiger partial charge in [-0.3, -0.25) is 0 Å². The molecule has 0 unspecified atom stereocenters. The summed E-state index contributed by atoms with van der Waals surface area (Å²) in [5.74, 6) is 1.37. The van der Waals surface area contributed by atoms with Crippen molar-refractivity contribution in [3.05, 3.63) is 41.7 Å². The summed E-state index contributed by atoms with van der Waals surface area (Å²) in [7, 11) is 0. The molecular weight excluding hydrogens is 483 g/mol. The zero-order valence-electron chi connectivity index (χ0n) is 23.5. The Kier molecular flexibility index (Phi) is 12.6. The summed E-state index contributed by atoms with van der Waals surface area (Å²) in [6.07, 6.45) is 15.4. The van der Waals surface area contributed by atoms with E-state index in [-0.39, 0.29) is 17.6 Å². The molecular formula is C32H47FO5. The van der Waals surface area contributed by atoms with Crippen LogP contribution in [0.25, 0.3) is 0 Å². The van der Waals surface area contributed by atoms with Crippen LogP contribution in [0.2, 0.25) is 0 Å². The van der Waals surface area contributed by atoms with E-state index in [1.54, 1.807) is 13.0 Å². The predicted octanol–water partition coefficient (Wildman–Crippen LogP) is 8.21. The molecule has 2 aliphatic rings. The molecule has 0 N–H and O–H groups in total. The maximum Gasteiger partial charge on any atom is 0.341 e. The Balaban J connectivity index is 1.31. The van der Waals surface area contributed by atoms with Crippen molar-refractivity contribution in [2.24, 2.45) is 17.8 Å². The number of hydrogen-bond donors (Lipinski definition) is 0. The summed E-state index contributed by atoms with van der Waals surface area (Å²) in [6.45, 7) is 8.30. The zero-order chi connectivity index (χ0) is 27.3.